The maximum absolute atomic E-state index is 12.1. The lowest BCUT2D eigenvalue weighted by Crippen LogP contribution is -2.44. The van der Waals surface area contributed by atoms with Gasteiger partial charge in [0, 0.05) is 18.7 Å². The summed E-state index contributed by atoms with van der Waals surface area (Å²) in [5.41, 5.74) is -1.33. The zero-order valence-corrected chi connectivity index (χ0v) is 13.8. The van der Waals surface area contributed by atoms with Crippen molar-refractivity contribution in [1.82, 2.24) is 5.32 Å². The van der Waals surface area contributed by atoms with E-state index in [0.29, 0.717) is 5.75 Å². The highest BCUT2D eigenvalue weighted by Gasteiger charge is 2.36. The van der Waals surface area contributed by atoms with Crippen molar-refractivity contribution in [2.24, 2.45) is 5.41 Å². The summed E-state index contributed by atoms with van der Waals surface area (Å²) < 4.78 is 0. The van der Waals surface area contributed by atoms with Gasteiger partial charge < -0.3 is 15.5 Å². The standard InChI is InChI=1S/C15H27NO4S/c1-14(20,11-21-2)10-16-12(17)8-15(9-13(18)19)6-4-3-5-7-15/h20H,3-11H2,1-2H3,(H,16,17)(H,18,19). The zero-order valence-electron chi connectivity index (χ0n) is 13.0. The van der Waals surface area contributed by atoms with E-state index in [0.717, 1.165) is 32.1 Å². The van der Waals surface area contributed by atoms with Crippen molar-refractivity contribution in [3.63, 3.8) is 0 Å². The van der Waals surface area contributed by atoms with E-state index in [1.807, 2.05) is 6.26 Å². The molecule has 21 heavy (non-hydrogen) atoms. The number of carboxylic acids is 1. The summed E-state index contributed by atoms with van der Waals surface area (Å²) >= 11 is 1.52. The van der Waals surface area contributed by atoms with E-state index in [-0.39, 0.29) is 25.3 Å². The van der Waals surface area contributed by atoms with Crippen LogP contribution in [0.25, 0.3) is 0 Å². The fourth-order valence-electron chi connectivity index (χ4n) is 3.09. The molecule has 0 saturated heterocycles. The lowest BCUT2D eigenvalue weighted by Gasteiger charge is -2.36. The first kappa shape index (κ1) is 18.3. The molecular formula is C15H27NO4S. The Morgan fingerprint density at radius 3 is 2.38 bits per heavy atom. The fraction of sp³-hybridized carbons (Fsp3) is 0.867. The number of carboxylic acid groups (broad SMARTS) is 1. The van der Waals surface area contributed by atoms with Gasteiger partial charge in [0.1, 0.15) is 0 Å². The summed E-state index contributed by atoms with van der Waals surface area (Å²) in [6.07, 6.45) is 6.90. The van der Waals surface area contributed by atoms with Crippen LogP contribution in [-0.4, -0.2) is 46.2 Å². The van der Waals surface area contributed by atoms with Gasteiger partial charge >= 0.3 is 5.97 Å². The monoisotopic (exact) mass is 317 g/mol. The predicted molar refractivity (Wildman–Crippen MR) is 84.4 cm³/mol. The Kier molecular flexibility index (Phi) is 7.00. The molecule has 5 nitrogen and oxygen atoms in total. The van der Waals surface area contributed by atoms with Gasteiger partial charge in [-0.15, -0.1) is 0 Å². The van der Waals surface area contributed by atoms with Crippen molar-refractivity contribution >= 4 is 23.6 Å². The second kappa shape index (κ2) is 8.03. The summed E-state index contributed by atoms with van der Waals surface area (Å²) in [7, 11) is 0. The van der Waals surface area contributed by atoms with Crippen LogP contribution in [0.1, 0.15) is 51.9 Å². The number of rotatable bonds is 8. The molecule has 3 N–H and O–H groups in total. The molecule has 0 bridgehead atoms. The van der Waals surface area contributed by atoms with Crippen LogP contribution in [-0.2, 0) is 9.59 Å². The summed E-state index contributed by atoms with van der Waals surface area (Å²) in [6, 6.07) is 0. The molecule has 1 fully saturated rings. The summed E-state index contributed by atoms with van der Waals surface area (Å²) in [6.45, 7) is 1.90. The van der Waals surface area contributed by atoms with E-state index in [4.69, 9.17) is 5.11 Å². The van der Waals surface area contributed by atoms with E-state index in [1.165, 1.54) is 11.8 Å². The molecule has 0 aromatic heterocycles. The largest absolute Gasteiger partial charge is 0.481 e. The van der Waals surface area contributed by atoms with Crippen molar-refractivity contribution in [3.05, 3.63) is 0 Å². The average Bonchev–Trinajstić information content (AvgIpc) is 2.36. The minimum Gasteiger partial charge on any atom is -0.481 e. The smallest absolute Gasteiger partial charge is 0.303 e. The maximum atomic E-state index is 12.1. The number of nitrogens with one attached hydrogen (secondary N) is 1. The lowest BCUT2D eigenvalue weighted by molar-refractivity contribution is -0.141. The average molecular weight is 317 g/mol. The van der Waals surface area contributed by atoms with Gasteiger partial charge in [0.15, 0.2) is 0 Å². The Morgan fingerprint density at radius 2 is 1.86 bits per heavy atom. The van der Waals surface area contributed by atoms with Gasteiger partial charge in [-0.25, -0.2) is 0 Å². The molecule has 122 valence electrons. The fourth-order valence-corrected chi connectivity index (χ4v) is 3.82. The molecule has 1 saturated carbocycles. The Hall–Kier alpha value is -0.750. The SMILES string of the molecule is CSCC(C)(O)CNC(=O)CC1(CC(=O)O)CCCCC1. The Morgan fingerprint density at radius 1 is 1.24 bits per heavy atom. The predicted octanol–water partition coefficient (Wildman–Crippen LogP) is 2.03. The summed E-state index contributed by atoms with van der Waals surface area (Å²) in [5.74, 6) is -0.438. The van der Waals surface area contributed by atoms with Crippen LogP contribution in [0, 0.1) is 5.41 Å². The van der Waals surface area contributed by atoms with Crippen molar-refractivity contribution in [3.8, 4) is 0 Å². The van der Waals surface area contributed by atoms with E-state index in [2.05, 4.69) is 5.32 Å². The summed E-state index contributed by atoms with van der Waals surface area (Å²) in [4.78, 5) is 23.2. The number of hydrogen-bond donors (Lipinski definition) is 3. The van der Waals surface area contributed by atoms with Gasteiger partial charge in [0.25, 0.3) is 0 Å². The number of thioether (sulfide) groups is 1. The van der Waals surface area contributed by atoms with Crippen LogP contribution in [0.5, 0.6) is 0 Å². The number of hydrogen-bond acceptors (Lipinski definition) is 4. The number of aliphatic hydroxyl groups is 1. The second-order valence-electron chi connectivity index (χ2n) is 6.51. The normalized spacial score (nSPS) is 20.5. The zero-order chi connectivity index (χ0) is 15.9. The molecule has 0 aromatic rings. The number of amides is 1. The third-order valence-corrected chi connectivity index (χ3v) is 5.01. The van der Waals surface area contributed by atoms with Gasteiger partial charge in [0.2, 0.25) is 5.91 Å². The van der Waals surface area contributed by atoms with Crippen LogP contribution in [0.15, 0.2) is 0 Å². The van der Waals surface area contributed by atoms with Gasteiger partial charge in [-0.1, -0.05) is 19.3 Å². The maximum Gasteiger partial charge on any atom is 0.303 e. The van der Waals surface area contributed by atoms with Crippen LogP contribution in [0.2, 0.25) is 0 Å². The topological polar surface area (TPSA) is 86.6 Å². The number of carbonyl (C=O) groups excluding carboxylic acids is 1. The van der Waals surface area contributed by atoms with Crippen molar-refractivity contribution < 1.29 is 19.8 Å². The molecule has 1 unspecified atom stereocenters. The first-order valence-electron chi connectivity index (χ1n) is 7.48. The molecule has 0 spiro atoms. The lowest BCUT2D eigenvalue weighted by atomic mass is 9.69. The molecule has 0 heterocycles. The number of carbonyl (C=O) groups is 2. The molecule has 1 aliphatic rings. The molecule has 1 amide bonds. The highest BCUT2D eigenvalue weighted by atomic mass is 32.2. The first-order chi connectivity index (χ1) is 9.79. The highest BCUT2D eigenvalue weighted by molar-refractivity contribution is 7.98. The van der Waals surface area contributed by atoms with Crippen LogP contribution < -0.4 is 5.32 Å². The molecule has 0 radical (unpaired) electrons. The molecule has 1 aliphatic carbocycles. The van der Waals surface area contributed by atoms with Crippen LogP contribution >= 0.6 is 11.8 Å². The van der Waals surface area contributed by atoms with Gasteiger partial charge in [-0.3, -0.25) is 9.59 Å². The minimum absolute atomic E-state index is 0.0572. The Bertz CT molecular complexity index is 365. The molecular weight excluding hydrogens is 290 g/mol. The van der Waals surface area contributed by atoms with Gasteiger partial charge in [-0.05, 0) is 31.4 Å². The van der Waals surface area contributed by atoms with E-state index in [1.54, 1.807) is 6.92 Å². The van der Waals surface area contributed by atoms with Gasteiger partial charge in [0.05, 0.1) is 12.0 Å². The molecule has 0 aromatic carbocycles. The van der Waals surface area contributed by atoms with E-state index in [9.17, 15) is 14.7 Å². The molecule has 0 aliphatic heterocycles. The van der Waals surface area contributed by atoms with Crippen LogP contribution in [0.4, 0.5) is 0 Å². The Labute approximate surface area is 130 Å². The highest BCUT2D eigenvalue weighted by Crippen LogP contribution is 2.42. The second-order valence-corrected chi connectivity index (χ2v) is 7.38. The van der Waals surface area contributed by atoms with E-state index >= 15 is 0 Å². The third-order valence-electron chi connectivity index (χ3n) is 4.10. The molecule has 1 atom stereocenters. The first-order valence-corrected chi connectivity index (χ1v) is 8.88. The summed E-state index contributed by atoms with van der Waals surface area (Å²) in [5, 5.41) is 21.9. The van der Waals surface area contributed by atoms with E-state index < -0.39 is 17.0 Å². The van der Waals surface area contributed by atoms with Crippen molar-refractivity contribution in [2.45, 2.75) is 57.5 Å². The van der Waals surface area contributed by atoms with Gasteiger partial charge in [-0.2, -0.15) is 11.8 Å². The minimum atomic E-state index is -0.929. The van der Waals surface area contributed by atoms with Crippen molar-refractivity contribution in [2.75, 3.05) is 18.6 Å². The third kappa shape index (κ3) is 6.70. The molecule has 1 rings (SSSR count). The quantitative estimate of drug-likeness (QED) is 0.638. The molecule has 6 heteroatoms. The number of aliphatic carboxylic acids is 1. The van der Waals surface area contributed by atoms with Crippen molar-refractivity contribution in [1.29, 1.82) is 0 Å². The van der Waals surface area contributed by atoms with Crippen LogP contribution in [0.3, 0.4) is 0 Å². The Balaban J connectivity index is 2.54.